The van der Waals surface area contributed by atoms with E-state index in [1.165, 1.54) is 27.8 Å². The number of hydrogen-bond donors (Lipinski definition) is 0. The molecule has 0 aliphatic rings. The van der Waals surface area contributed by atoms with Crippen LogP contribution in [-0.4, -0.2) is 5.71 Å². The van der Waals surface area contributed by atoms with Gasteiger partial charge in [0, 0.05) is 21.9 Å². The minimum absolute atomic E-state index is 0.565. The molecule has 1 heterocycles. The molecule has 3 heteroatoms. The molecule has 7 aromatic rings. The SMILES string of the molecule is C=c1/c(=C(\N=C(C)c2ccccc2)c2cccc(C#N)c2)oc2cccc(-c3cccc(C)c3)c12.CC.CC.Cc1ccccc1-c1ccccc1C. The highest BCUT2D eigenvalue weighted by atomic mass is 16.3. The summed E-state index contributed by atoms with van der Waals surface area (Å²) in [7, 11) is 0. The predicted octanol–water partition coefficient (Wildman–Crippen LogP) is 12.4. The van der Waals surface area contributed by atoms with E-state index in [-0.39, 0.29) is 0 Å². The second-order valence-corrected chi connectivity index (χ2v) is 12.2. The zero-order valence-electron chi connectivity index (χ0n) is 32.4. The first-order valence-electron chi connectivity index (χ1n) is 18.4. The van der Waals surface area contributed by atoms with E-state index < -0.39 is 0 Å². The van der Waals surface area contributed by atoms with Gasteiger partial charge in [-0.25, -0.2) is 4.99 Å². The molecule has 7 rings (SSSR count). The molecule has 0 aliphatic heterocycles. The van der Waals surface area contributed by atoms with Crippen molar-refractivity contribution >= 4 is 29.0 Å². The topological polar surface area (TPSA) is 49.3 Å². The fourth-order valence-electron chi connectivity index (χ4n) is 6.10. The van der Waals surface area contributed by atoms with Gasteiger partial charge in [-0.05, 0) is 84.8 Å². The quantitative estimate of drug-likeness (QED) is 0.168. The van der Waals surface area contributed by atoms with Crippen molar-refractivity contribution in [3.8, 4) is 28.3 Å². The summed E-state index contributed by atoms with van der Waals surface area (Å²) in [5.74, 6) is 0. The van der Waals surface area contributed by atoms with Crippen molar-refractivity contribution in [3.05, 3.63) is 190 Å². The predicted molar refractivity (Wildman–Crippen MR) is 228 cm³/mol. The van der Waals surface area contributed by atoms with Gasteiger partial charge in [-0.1, -0.05) is 167 Å². The Balaban J connectivity index is 0.000000290. The number of nitriles is 1. The fraction of sp³-hybridized carbons (Fsp3) is 0.160. The second-order valence-electron chi connectivity index (χ2n) is 12.2. The lowest BCUT2D eigenvalue weighted by molar-refractivity contribution is 0.572. The van der Waals surface area contributed by atoms with Gasteiger partial charge in [0.25, 0.3) is 0 Å². The van der Waals surface area contributed by atoms with E-state index in [4.69, 9.17) is 9.41 Å². The standard InChI is InChI=1S/C32H24N2O.C14H14.2C2H6/c1-21-10-7-14-26(18-21)28-16-9-17-29-30(28)22(2)32(35-29)31(27-15-8-11-24(19-27)20-33)34-23(3)25-12-5-4-6-13-25;1-11-7-3-5-9-13(11)14-10-6-4-8-12(14)2;2*1-2/h4-19H,2H2,1,3H3;3-10H,1-2H3;2*1-2H3/b32-31+,34-23?;;;. The number of nitrogens with zero attached hydrogens (tertiary/aromatic N) is 2. The summed E-state index contributed by atoms with van der Waals surface area (Å²) in [5, 5.41) is 11.2. The number of aliphatic imine (C=N–C) groups is 1. The molecular weight excluding hydrogens is 645 g/mol. The number of aryl methyl sites for hydroxylation is 3. The van der Waals surface area contributed by atoms with Gasteiger partial charge in [0.2, 0.25) is 0 Å². The van der Waals surface area contributed by atoms with Crippen LogP contribution in [0.3, 0.4) is 0 Å². The molecule has 0 aliphatic carbocycles. The third-order valence-corrected chi connectivity index (χ3v) is 8.67. The molecule has 0 spiro atoms. The monoisotopic (exact) mass is 694 g/mol. The molecule has 0 saturated carbocycles. The largest absolute Gasteiger partial charge is 0.454 e. The summed E-state index contributed by atoms with van der Waals surface area (Å²) in [6.45, 7) is 20.8. The first kappa shape index (κ1) is 39.5. The Bertz CT molecular complexity index is 2420. The Kier molecular flexibility index (Phi) is 14.5. The van der Waals surface area contributed by atoms with Crippen molar-refractivity contribution in [3.63, 3.8) is 0 Å². The number of hydrogen-bond acceptors (Lipinski definition) is 3. The van der Waals surface area contributed by atoms with Gasteiger partial charge in [-0.2, -0.15) is 5.26 Å². The van der Waals surface area contributed by atoms with E-state index in [9.17, 15) is 5.26 Å². The molecule has 0 bridgehead atoms. The zero-order chi connectivity index (χ0) is 38.3. The van der Waals surface area contributed by atoms with Gasteiger partial charge in [0.05, 0.1) is 11.6 Å². The molecule has 53 heavy (non-hydrogen) atoms. The first-order valence-corrected chi connectivity index (χ1v) is 18.4. The lowest BCUT2D eigenvalue weighted by atomic mass is 9.97. The summed E-state index contributed by atoms with van der Waals surface area (Å²) < 4.78 is 6.43. The smallest absolute Gasteiger partial charge is 0.161 e. The molecule has 0 saturated heterocycles. The van der Waals surface area contributed by atoms with Crippen molar-refractivity contribution in [2.24, 2.45) is 4.99 Å². The molecule has 266 valence electrons. The zero-order valence-corrected chi connectivity index (χ0v) is 32.4. The molecule has 0 radical (unpaired) electrons. The van der Waals surface area contributed by atoms with E-state index in [1.54, 1.807) is 6.07 Å². The fourth-order valence-corrected chi connectivity index (χ4v) is 6.10. The van der Waals surface area contributed by atoms with Crippen molar-refractivity contribution in [1.29, 1.82) is 5.26 Å². The van der Waals surface area contributed by atoms with Crippen LogP contribution in [-0.2, 0) is 0 Å². The molecule has 1 aromatic heterocycles. The molecule has 0 N–H and O–H groups in total. The van der Waals surface area contributed by atoms with Crippen molar-refractivity contribution in [2.75, 3.05) is 0 Å². The highest BCUT2D eigenvalue weighted by Gasteiger charge is 2.14. The van der Waals surface area contributed by atoms with E-state index in [1.807, 2.05) is 95.3 Å². The van der Waals surface area contributed by atoms with Crippen molar-refractivity contribution < 1.29 is 4.42 Å². The van der Waals surface area contributed by atoms with Crippen LogP contribution < -0.4 is 10.6 Å². The summed E-state index contributed by atoms with van der Waals surface area (Å²) in [4.78, 5) is 5.03. The molecular formula is C50H50N2O. The van der Waals surface area contributed by atoms with E-state index in [2.05, 4.69) is 112 Å². The Hall–Kier alpha value is -6.24. The molecule has 3 nitrogen and oxygen atoms in total. The lowest BCUT2D eigenvalue weighted by Gasteiger charge is -2.08. The summed E-state index contributed by atoms with van der Waals surface area (Å²) in [6.07, 6.45) is 0. The van der Waals surface area contributed by atoms with E-state index in [0.717, 1.165) is 44.2 Å². The van der Waals surface area contributed by atoms with Crippen molar-refractivity contribution in [2.45, 2.75) is 55.4 Å². The third kappa shape index (κ3) is 9.56. The van der Waals surface area contributed by atoms with E-state index >= 15 is 0 Å². The van der Waals surface area contributed by atoms with Gasteiger partial charge >= 0.3 is 0 Å². The summed E-state index contributed by atoms with van der Waals surface area (Å²) >= 11 is 0. The average molecular weight is 695 g/mol. The van der Waals surface area contributed by atoms with Crippen LogP contribution in [0.15, 0.2) is 155 Å². The number of furan rings is 1. The molecule has 0 atom stereocenters. The van der Waals surface area contributed by atoms with Crippen molar-refractivity contribution in [1.82, 2.24) is 0 Å². The molecule has 0 fully saturated rings. The Labute approximate surface area is 315 Å². The van der Waals surface area contributed by atoms with Gasteiger partial charge in [-0.3, -0.25) is 0 Å². The second kappa shape index (κ2) is 19.4. The van der Waals surface area contributed by atoms with Gasteiger partial charge in [0.1, 0.15) is 11.3 Å². The van der Waals surface area contributed by atoms with Crippen LogP contribution in [0.1, 0.15) is 68.0 Å². The summed E-state index contributed by atoms with van der Waals surface area (Å²) in [5.41, 5.74) is 14.0. The normalized spacial score (nSPS) is 11.1. The highest BCUT2D eigenvalue weighted by molar-refractivity contribution is 6.02. The third-order valence-electron chi connectivity index (χ3n) is 8.67. The van der Waals surface area contributed by atoms with E-state index in [0.29, 0.717) is 16.7 Å². The van der Waals surface area contributed by atoms with Crippen LogP contribution in [0, 0.1) is 32.1 Å². The Morgan fingerprint density at radius 2 is 1.15 bits per heavy atom. The Morgan fingerprint density at radius 1 is 0.604 bits per heavy atom. The molecule has 0 amide bonds. The lowest BCUT2D eigenvalue weighted by Crippen LogP contribution is -2.22. The van der Waals surface area contributed by atoms with Crippen LogP contribution in [0.4, 0.5) is 0 Å². The maximum Gasteiger partial charge on any atom is 0.161 e. The summed E-state index contributed by atoms with van der Waals surface area (Å²) in [6, 6.07) is 51.2. The first-order chi connectivity index (χ1) is 25.8. The highest BCUT2D eigenvalue weighted by Crippen LogP contribution is 2.28. The van der Waals surface area contributed by atoms with Gasteiger partial charge in [0.15, 0.2) is 5.42 Å². The minimum Gasteiger partial charge on any atom is -0.454 e. The average Bonchev–Trinajstić information content (AvgIpc) is 3.55. The molecule has 6 aromatic carbocycles. The number of rotatable bonds is 5. The van der Waals surface area contributed by atoms with Crippen LogP contribution in [0.5, 0.6) is 0 Å². The van der Waals surface area contributed by atoms with Crippen LogP contribution in [0.2, 0.25) is 0 Å². The maximum absolute atomic E-state index is 9.50. The maximum atomic E-state index is 9.50. The van der Waals surface area contributed by atoms with Gasteiger partial charge in [-0.15, -0.1) is 0 Å². The number of benzene rings is 6. The Morgan fingerprint density at radius 3 is 1.75 bits per heavy atom. The van der Waals surface area contributed by atoms with Crippen LogP contribution >= 0.6 is 0 Å². The molecule has 0 unspecified atom stereocenters. The number of fused-ring (bicyclic) bond motifs is 1. The van der Waals surface area contributed by atoms with Gasteiger partial charge < -0.3 is 4.42 Å². The van der Waals surface area contributed by atoms with Crippen LogP contribution in [0.25, 0.3) is 45.5 Å². The minimum atomic E-state index is 0.565.